The molecule has 0 saturated heterocycles. The maximum atomic E-state index is 12.8. The zero-order valence-corrected chi connectivity index (χ0v) is 13.4. The molecule has 1 heterocycles. The zero-order valence-electron chi connectivity index (χ0n) is 12.7. The molecule has 2 N–H and O–H groups in total. The summed E-state index contributed by atoms with van der Waals surface area (Å²) in [6.07, 6.45) is 10.1. The molecule has 0 aromatic carbocycles. The van der Waals surface area contributed by atoms with Crippen molar-refractivity contribution in [2.24, 2.45) is 5.41 Å². The summed E-state index contributed by atoms with van der Waals surface area (Å²) in [4.78, 5) is 15.4. The van der Waals surface area contributed by atoms with E-state index in [4.69, 9.17) is 11.6 Å². The Balaban J connectivity index is 2.22. The van der Waals surface area contributed by atoms with Gasteiger partial charge in [0.2, 0.25) is 0 Å². The van der Waals surface area contributed by atoms with Gasteiger partial charge in [-0.15, -0.1) is 11.6 Å². The van der Waals surface area contributed by atoms with Crippen LogP contribution in [0.25, 0.3) is 0 Å². The molecule has 0 radical (unpaired) electrons. The number of alkyl halides is 1. The third-order valence-corrected chi connectivity index (χ3v) is 4.14. The van der Waals surface area contributed by atoms with Crippen LogP contribution in [0.1, 0.15) is 43.2 Å². The van der Waals surface area contributed by atoms with Gasteiger partial charge in [-0.3, -0.25) is 4.79 Å². The number of aliphatic hydroxyl groups excluding tert-OH is 1. The van der Waals surface area contributed by atoms with Crippen LogP contribution in [0.5, 0.6) is 0 Å². The van der Waals surface area contributed by atoms with Gasteiger partial charge in [-0.1, -0.05) is 24.3 Å². The fourth-order valence-electron chi connectivity index (χ4n) is 2.40. The Morgan fingerprint density at radius 3 is 2.52 bits per heavy atom. The Morgan fingerprint density at radius 1 is 1.33 bits per heavy atom. The lowest BCUT2D eigenvalue weighted by atomic mass is 9.77. The molecule has 1 aromatic rings. The SMILES string of the molecule is CC(O)CCc1[nH]ccc1C(=O)C1(C)C=CC(C)(Cl)C=C1. The van der Waals surface area contributed by atoms with E-state index in [0.717, 1.165) is 5.69 Å². The van der Waals surface area contributed by atoms with Crippen molar-refractivity contribution < 1.29 is 9.90 Å². The molecule has 1 aliphatic carbocycles. The molecule has 0 fully saturated rings. The van der Waals surface area contributed by atoms with Gasteiger partial charge in [-0.25, -0.2) is 0 Å². The molecular weight excluding hydrogens is 286 g/mol. The first-order valence-corrected chi connectivity index (χ1v) is 7.60. The normalized spacial score (nSPS) is 29.6. The van der Waals surface area contributed by atoms with Crippen LogP contribution < -0.4 is 0 Å². The molecule has 21 heavy (non-hydrogen) atoms. The van der Waals surface area contributed by atoms with Crippen molar-refractivity contribution in [3.8, 4) is 0 Å². The number of nitrogens with one attached hydrogen (secondary N) is 1. The number of aromatic amines is 1. The van der Waals surface area contributed by atoms with E-state index in [-0.39, 0.29) is 11.9 Å². The fourth-order valence-corrected chi connectivity index (χ4v) is 2.53. The minimum Gasteiger partial charge on any atom is -0.393 e. The van der Waals surface area contributed by atoms with E-state index in [1.807, 2.05) is 38.2 Å². The monoisotopic (exact) mass is 307 g/mol. The van der Waals surface area contributed by atoms with Crippen LogP contribution >= 0.6 is 11.6 Å². The van der Waals surface area contributed by atoms with Gasteiger partial charge in [0.1, 0.15) is 0 Å². The molecule has 1 unspecified atom stereocenters. The highest BCUT2D eigenvalue weighted by Crippen LogP contribution is 2.35. The number of hydrogen-bond donors (Lipinski definition) is 2. The van der Waals surface area contributed by atoms with Crippen molar-refractivity contribution in [3.63, 3.8) is 0 Å². The van der Waals surface area contributed by atoms with Crippen molar-refractivity contribution in [1.82, 2.24) is 4.98 Å². The second-order valence-electron chi connectivity index (χ2n) is 6.19. The van der Waals surface area contributed by atoms with Crippen molar-refractivity contribution >= 4 is 17.4 Å². The molecular formula is C17H22ClNO2. The quantitative estimate of drug-likeness (QED) is 0.496. The van der Waals surface area contributed by atoms with Crippen LogP contribution in [0.2, 0.25) is 0 Å². The van der Waals surface area contributed by atoms with Gasteiger partial charge in [0.25, 0.3) is 0 Å². The summed E-state index contributed by atoms with van der Waals surface area (Å²) in [7, 11) is 0. The summed E-state index contributed by atoms with van der Waals surface area (Å²) >= 11 is 6.23. The number of Topliss-reactive ketones (excluding diaryl/α,β-unsaturated/α-hetero) is 1. The maximum Gasteiger partial charge on any atom is 0.178 e. The smallest absolute Gasteiger partial charge is 0.178 e. The van der Waals surface area contributed by atoms with Gasteiger partial charge in [0, 0.05) is 17.5 Å². The number of aliphatic hydroxyl groups is 1. The summed E-state index contributed by atoms with van der Waals surface area (Å²) in [5.41, 5.74) is 0.893. The average molecular weight is 308 g/mol. The average Bonchev–Trinajstić information content (AvgIpc) is 2.87. The third-order valence-electron chi connectivity index (χ3n) is 3.89. The molecule has 4 heteroatoms. The predicted molar refractivity (Wildman–Crippen MR) is 85.8 cm³/mol. The van der Waals surface area contributed by atoms with E-state index < -0.39 is 10.3 Å². The summed E-state index contributed by atoms with van der Waals surface area (Å²) in [5, 5.41) is 9.40. The number of allylic oxidation sites excluding steroid dienone is 4. The third kappa shape index (κ3) is 3.66. The molecule has 1 aliphatic rings. The lowest BCUT2D eigenvalue weighted by Crippen LogP contribution is -2.28. The Labute approximate surface area is 130 Å². The Morgan fingerprint density at radius 2 is 1.95 bits per heavy atom. The van der Waals surface area contributed by atoms with E-state index in [2.05, 4.69) is 4.98 Å². The second kappa shape index (κ2) is 5.82. The first-order chi connectivity index (χ1) is 9.73. The first kappa shape index (κ1) is 16.1. The molecule has 2 rings (SSSR count). The van der Waals surface area contributed by atoms with Gasteiger partial charge in [-0.2, -0.15) is 0 Å². The summed E-state index contributed by atoms with van der Waals surface area (Å²) in [6, 6.07) is 1.81. The lowest BCUT2D eigenvalue weighted by molar-refractivity contribution is 0.0905. The summed E-state index contributed by atoms with van der Waals surface area (Å²) in [5.74, 6) is 0.0454. The van der Waals surface area contributed by atoms with Crippen molar-refractivity contribution in [1.29, 1.82) is 0 Å². The number of halogens is 1. The molecule has 0 saturated carbocycles. The predicted octanol–water partition coefficient (Wildman–Crippen LogP) is 3.64. The largest absolute Gasteiger partial charge is 0.393 e. The van der Waals surface area contributed by atoms with E-state index in [9.17, 15) is 9.90 Å². The Hall–Kier alpha value is -1.32. The minimum atomic E-state index is -0.670. The van der Waals surface area contributed by atoms with Gasteiger partial charge < -0.3 is 10.1 Å². The molecule has 0 aliphatic heterocycles. The number of carbonyl (C=O) groups is 1. The van der Waals surface area contributed by atoms with Crippen LogP contribution in [-0.4, -0.2) is 26.9 Å². The van der Waals surface area contributed by atoms with Crippen LogP contribution in [0, 0.1) is 5.41 Å². The number of carbonyl (C=O) groups excluding carboxylic acids is 1. The van der Waals surface area contributed by atoms with Crippen molar-refractivity contribution in [2.45, 2.75) is 44.6 Å². The fraction of sp³-hybridized carbons (Fsp3) is 0.471. The van der Waals surface area contributed by atoms with E-state index in [1.165, 1.54) is 0 Å². The molecule has 1 atom stereocenters. The zero-order chi connectivity index (χ0) is 15.7. The molecule has 0 amide bonds. The molecule has 3 nitrogen and oxygen atoms in total. The second-order valence-corrected chi connectivity index (χ2v) is 7.00. The highest BCUT2D eigenvalue weighted by atomic mass is 35.5. The number of hydrogen-bond acceptors (Lipinski definition) is 2. The molecule has 1 aromatic heterocycles. The van der Waals surface area contributed by atoms with Crippen LogP contribution in [0.15, 0.2) is 36.6 Å². The summed E-state index contributed by atoms with van der Waals surface area (Å²) in [6.45, 7) is 5.52. The van der Waals surface area contributed by atoms with Crippen LogP contribution in [-0.2, 0) is 6.42 Å². The molecule has 114 valence electrons. The van der Waals surface area contributed by atoms with Crippen molar-refractivity contribution in [3.05, 3.63) is 47.8 Å². The highest BCUT2D eigenvalue weighted by Gasteiger charge is 2.34. The Bertz CT molecular complexity index is 565. The first-order valence-electron chi connectivity index (χ1n) is 7.22. The number of aryl methyl sites for hydroxylation is 1. The van der Waals surface area contributed by atoms with Gasteiger partial charge >= 0.3 is 0 Å². The van der Waals surface area contributed by atoms with Crippen LogP contribution in [0.4, 0.5) is 0 Å². The molecule has 0 spiro atoms. The van der Waals surface area contributed by atoms with E-state index >= 15 is 0 Å². The lowest BCUT2D eigenvalue weighted by Gasteiger charge is -2.27. The van der Waals surface area contributed by atoms with E-state index in [1.54, 1.807) is 19.2 Å². The van der Waals surface area contributed by atoms with Gasteiger partial charge in [-0.05, 0) is 39.7 Å². The Kier molecular flexibility index (Phi) is 4.45. The minimum absolute atomic E-state index is 0.0454. The number of aromatic nitrogens is 1. The highest BCUT2D eigenvalue weighted by molar-refractivity contribution is 6.26. The summed E-state index contributed by atoms with van der Waals surface area (Å²) < 4.78 is 0. The number of ketones is 1. The van der Waals surface area contributed by atoms with Gasteiger partial charge in [0.15, 0.2) is 5.78 Å². The van der Waals surface area contributed by atoms with Crippen LogP contribution in [0.3, 0.4) is 0 Å². The number of rotatable bonds is 5. The number of H-pyrrole nitrogens is 1. The standard InChI is InChI=1S/C17H22ClNO2/c1-12(20)4-5-14-13(6-11-19-14)15(21)16(2)7-9-17(3,18)10-8-16/h6-12,19-20H,4-5H2,1-3H3. The topological polar surface area (TPSA) is 53.1 Å². The van der Waals surface area contributed by atoms with Gasteiger partial charge in [0.05, 0.1) is 16.4 Å². The molecule has 0 bridgehead atoms. The van der Waals surface area contributed by atoms with E-state index in [0.29, 0.717) is 18.4 Å². The maximum absolute atomic E-state index is 12.8. The van der Waals surface area contributed by atoms with Crippen molar-refractivity contribution in [2.75, 3.05) is 0 Å².